The largest absolute Gasteiger partial charge is 0.207 e. The molecule has 60 valence electrons. The zero-order valence-corrected chi connectivity index (χ0v) is 8.12. The SMILES string of the molecule is Fc1cccc(Cl)c1CCBr. The van der Waals surface area contributed by atoms with Crippen LogP contribution in [0.5, 0.6) is 0 Å². The van der Waals surface area contributed by atoms with Gasteiger partial charge in [-0.25, -0.2) is 4.39 Å². The Labute approximate surface area is 78.5 Å². The highest BCUT2D eigenvalue weighted by Gasteiger charge is 2.04. The lowest BCUT2D eigenvalue weighted by Gasteiger charge is -2.01. The summed E-state index contributed by atoms with van der Waals surface area (Å²) in [5.41, 5.74) is 0.589. The van der Waals surface area contributed by atoms with Gasteiger partial charge in [0.05, 0.1) is 0 Å². The van der Waals surface area contributed by atoms with Crippen molar-refractivity contribution in [1.29, 1.82) is 0 Å². The van der Waals surface area contributed by atoms with Crippen LogP contribution in [-0.4, -0.2) is 5.33 Å². The van der Waals surface area contributed by atoms with Crippen LogP contribution >= 0.6 is 27.5 Å². The number of benzene rings is 1. The fraction of sp³-hybridized carbons (Fsp3) is 0.250. The van der Waals surface area contributed by atoms with E-state index in [1.54, 1.807) is 12.1 Å². The first-order valence-electron chi connectivity index (χ1n) is 3.24. The molecule has 3 heteroatoms. The summed E-state index contributed by atoms with van der Waals surface area (Å²) in [5, 5.41) is 1.23. The van der Waals surface area contributed by atoms with E-state index in [1.165, 1.54) is 6.07 Å². The van der Waals surface area contributed by atoms with E-state index in [0.29, 0.717) is 17.0 Å². The third-order valence-electron chi connectivity index (χ3n) is 1.41. The molecule has 0 spiro atoms. The molecule has 1 rings (SSSR count). The van der Waals surface area contributed by atoms with Crippen LogP contribution in [0.1, 0.15) is 5.56 Å². The van der Waals surface area contributed by atoms with Gasteiger partial charge in [0, 0.05) is 15.9 Å². The minimum Gasteiger partial charge on any atom is -0.207 e. The van der Waals surface area contributed by atoms with Crippen LogP contribution in [-0.2, 0) is 6.42 Å². The van der Waals surface area contributed by atoms with Gasteiger partial charge in [0.2, 0.25) is 0 Å². The number of alkyl halides is 1. The summed E-state index contributed by atoms with van der Waals surface area (Å²) in [7, 11) is 0. The molecule has 11 heavy (non-hydrogen) atoms. The average molecular weight is 237 g/mol. The molecule has 0 N–H and O–H groups in total. The molecule has 1 aromatic carbocycles. The summed E-state index contributed by atoms with van der Waals surface area (Å²) in [5.74, 6) is -0.225. The van der Waals surface area contributed by atoms with Gasteiger partial charge in [0.25, 0.3) is 0 Å². The van der Waals surface area contributed by atoms with Crippen molar-refractivity contribution in [3.05, 3.63) is 34.6 Å². The number of rotatable bonds is 2. The Morgan fingerprint density at radius 1 is 1.45 bits per heavy atom. The molecule has 0 fully saturated rings. The van der Waals surface area contributed by atoms with Crippen LogP contribution in [0.2, 0.25) is 5.02 Å². The summed E-state index contributed by atoms with van der Waals surface area (Å²) in [4.78, 5) is 0. The van der Waals surface area contributed by atoms with Crippen molar-refractivity contribution in [3.8, 4) is 0 Å². The minimum atomic E-state index is -0.225. The highest BCUT2D eigenvalue weighted by Crippen LogP contribution is 2.19. The molecular weight excluding hydrogens is 230 g/mol. The summed E-state index contributed by atoms with van der Waals surface area (Å²) in [6, 6.07) is 4.72. The number of halogens is 3. The third-order valence-corrected chi connectivity index (χ3v) is 2.16. The first kappa shape index (κ1) is 9.01. The van der Waals surface area contributed by atoms with Crippen LogP contribution in [0.15, 0.2) is 18.2 Å². The molecule has 0 nitrogen and oxygen atoms in total. The average Bonchev–Trinajstić information content (AvgIpc) is 1.97. The molecule has 0 heterocycles. The molecule has 0 atom stereocenters. The van der Waals surface area contributed by atoms with E-state index in [2.05, 4.69) is 15.9 Å². The van der Waals surface area contributed by atoms with Crippen LogP contribution in [0.4, 0.5) is 4.39 Å². The maximum atomic E-state index is 12.9. The van der Waals surface area contributed by atoms with Gasteiger partial charge in [-0.2, -0.15) is 0 Å². The lowest BCUT2D eigenvalue weighted by molar-refractivity contribution is 0.613. The topological polar surface area (TPSA) is 0 Å². The Morgan fingerprint density at radius 2 is 2.18 bits per heavy atom. The smallest absolute Gasteiger partial charge is 0.127 e. The van der Waals surface area contributed by atoms with Gasteiger partial charge in [-0.3, -0.25) is 0 Å². The molecule has 0 aliphatic rings. The van der Waals surface area contributed by atoms with Crippen LogP contribution in [0.3, 0.4) is 0 Å². The Hall–Kier alpha value is -0.0800. The van der Waals surface area contributed by atoms with Gasteiger partial charge in [-0.05, 0) is 18.6 Å². The maximum absolute atomic E-state index is 12.9. The molecule has 0 saturated carbocycles. The van der Waals surface area contributed by atoms with Gasteiger partial charge in [0.1, 0.15) is 5.82 Å². The van der Waals surface area contributed by atoms with E-state index in [0.717, 1.165) is 5.33 Å². The first-order chi connectivity index (χ1) is 5.25. The lowest BCUT2D eigenvalue weighted by atomic mass is 10.1. The molecular formula is C8H7BrClF. The standard InChI is InChI=1S/C8H7BrClF/c9-5-4-6-7(10)2-1-3-8(6)11/h1-3H,4-5H2. The normalized spacial score (nSPS) is 10.1. The second-order valence-corrected chi connectivity index (χ2v) is 3.34. The molecule has 1 aromatic rings. The monoisotopic (exact) mass is 236 g/mol. The molecule has 0 unspecified atom stereocenters. The van der Waals surface area contributed by atoms with Crippen molar-refractivity contribution in [2.75, 3.05) is 5.33 Å². The van der Waals surface area contributed by atoms with E-state index < -0.39 is 0 Å². The van der Waals surface area contributed by atoms with E-state index >= 15 is 0 Å². The van der Waals surface area contributed by atoms with Crippen molar-refractivity contribution in [3.63, 3.8) is 0 Å². The van der Waals surface area contributed by atoms with E-state index in [4.69, 9.17) is 11.6 Å². The van der Waals surface area contributed by atoms with Gasteiger partial charge in [-0.1, -0.05) is 33.6 Å². The van der Waals surface area contributed by atoms with Crippen molar-refractivity contribution in [2.24, 2.45) is 0 Å². The first-order valence-corrected chi connectivity index (χ1v) is 4.74. The summed E-state index contributed by atoms with van der Waals surface area (Å²) < 4.78 is 12.9. The van der Waals surface area contributed by atoms with Gasteiger partial charge < -0.3 is 0 Å². The van der Waals surface area contributed by atoms with E-state index in [-0.39, 0.29) is 5.82 Å². The van der Waals surface area contributed by atoms with Gasteiger partial charge in [0.15, 0.2) is 0 Å². The lowest BCUT2D eigenvalue weighted by Crippen LogP contribution is -1.91. The number of hydrogen-bond donors (Lipinski definition) is 0. The fourth-order valence-corrected chi connectivity index (χ4v) is 1.52. The minimum absolute atomic E-state index is 0.225. The van der Waals surface area contributed by atoms with Crippen molar-refractivity contribution in [1.82, 2.24) is 0 Å². The Bertz CT molecular complexity index is 230. The van der Waals surface area contributed by atoms with Crippen LogP contribution in [0, 0.1) is 5.82 Å². The second kappa shape index (κ2) is 4.07. The fourth-order valence-electron chi connectivity index (χ4n) is 0.866. The Kier molecular flexibility index (Phi) is 3.34. The summed E-state index contributed by atoms with van der Waals surface area (Å²) in [6.45, 7) is 0. The predicted molar refractivity (Wildman–Crippen MR) is 48.9 cm³/mol. The molecule has 0 aliphatic carbocycles. The molecule has 0 bridgehead atoms. The Morgan fingerprint density at radius 3 is 2.73 bits per heavy atom. The molecule has 0 radical (unpaired) electrons. The van der Waals surface area contributed by atoms with Gasteiger partial charge >= 0.3 is 0 Å². The van der Waals surface area contributed by atoms with Crippen LogP contribution < -0.4 is 0 Å². The van der Waals surface area contributed by atoms with Crippen molar-refractivity contribution in [2.45, 2.75) is 6.42 Å². The van der Waals surface area contributed by atoms with E-state index in [9.17, 15) is 4.39 Å². The zero-order valence-electron chi connectivity index (χ0n) is 5.78. The maximum Gasteiger partial charge on any atom is 0.127 e. The highest BCUT2D eigenvalue weighted by atomic mass is 79.9. The zero-order chi connectivity index (χ0) is 8.27. The summed E-state index contributed by atoms with van der Waals surface area (Å²) in [6.07, 6.45) is 0.630. The van der Waals surface area contributed by atoms with Crippen molar-refractivity contribution >= 4 is 27.5 Å². The quantitative estimate of drug-likeness (QED) is 0.692. The number of hydrogen-bond acceptors (Lipinski definition) is 0. The van der Waals surface area contributed by atoms with E-state index in [1.807, 2.05) is 0 Å². The van der Waals surface area contributed by atoms with Crippen LogP contribution in [0.25, 0.3) is 0 Å². The van der Waals surface area contributed by atoms with Crippen molar-refractivity contribution < 1.29 is 4.39 Å². The highest BCUT2D eigenvalue weighted by molar-refractivity contribution is 9.09. The predicted octanol–water partition coefficient (Wildman–Crippen LogP) is 3.42. The molecule has 0 aliphatic heterocycles. The summed E-state index contributed by atoms with van der Waals surface area (Å²) >= 11 is 8.98. The third kappa shape index (κ3) is 2.17. The van der Waals surface area contributed by atoms with Gasteiger partial charge in [-0.15, -0.1) is 0 Å². The molecule has 0 amide bonds. The Balaban J connectivity index is 3.00. The molecule has 0 saturated heterocycles. The molecule has 0 aromatic heterocycles. The second-order valence-electron chi connectivity index (χ2n) is 2.14.